The molecule has 0 radical (unpaired) electrons. The molecular formula is C18H29NO2. The van der Waals surface area contributed by atoms with Crippen LogP contribution in [-0.4, -0.2) is 29.7 Å². The van der Waals surface area contributed by atoms with Crippen LogP contribution in [0.5, 0.6) is 0 Å². The molecule has 0 aromatic heterocycles. The fourth-order valence-electron chi connectivity index (χ4n) is 3.60. The van der Waals surface area contributed by atoms with Crippen molar-refractivity contribution in [2.45, 2.75) is 65.5 Å². The molecule has 1 heterocycles. The maximum absolute atomic E-state index is 11.8. The van der Waals surface area contributed by atoms with Crippen molar-refractivity contribution in [1.82, 2.24) is 4.90 Å². The molecule has 1 aliphatic heterocycles. The molecule has 2 aliphatic rings. The number of hydrogen-bond acceptors (Lipinski definition) is 2. The van der Waals surface area contributed by atoms with E-state index >= 15 is 0 Å². The second-order valence-electron chi connectivity index (χ2n) is 6.73. The maximum atomic E-state index is 11.8. The molecule has 2 rings (SSSR count). The number of hydrogen-bond donors (Lipinski definition) is 0. The van der Waals surface area contributed by atoms with E-state index in [2.05, 4.69) is 32.9 Å². The minimum absolute atomic E-state index is 0.133. The lowest BCUT2D eigenvalue weighted by Gasteiger charge is -2.41. The number of amides is 1. The number of nitrogens with zero attached hydrogens (tertiary/aromatic N) is 1. The van der Waals surface area contributed by atoms with E-state index in [9.17, 15) is 4.79 Å². The summed E-state index contributed by atoms with van der Waals surface area (Å²) in [4.78, 5) is 13.7. The van der Waals surface area contributed by atoms with Crippen LogP contribution in [0.1, 0.15) is 59.8 Å². The van der Waals surface area contributed by atoms with E-state index in [0.29, 0.717) is 12.5 Å². The first kappa shape index (κ1) is 16.3. The van der Waals surface area contributed by atoms with Crippen LogP contribution in [0.4, 0.5) is 0 Å². The molecule has 2 atom stereocenters. The third kappa shape index (κ3) is 3.76. The fraction of sp³-hybridized carbons (Fsp3) is 0.722. The Labute approximate surface area is 129 Å². The number of carbonyl (C=O) groups excluding carboxylic acids is 1. The van der Waals surface area contributed by atoms with Crippen molar-refractivity contribution >= 4 is 5.91 Å². The molecule has 0 N–H and O–H groups in total. The molecule has 1 fully saturated rings. The number of rotatable bonds is 4. The predicted octanol–water partition coefficient (Wildman–Crippen LogP) is 4.05. The van der Waals surface area contributed by atoms with Crippen LogP contribution in [0.3, 0.4) is 0 Å². The molecule has 3 heteroatoms. The standard InChI is InChI=1S/C18H29NO2/c1-14(2)6-5-7-16-8-10-17(11-9-16)18(4)19(15(3)20)12-13-21-18/h6,8,17H,5,7,9-13H2,1-4H3/t17-,18+/m0/s1. The summed E-state index contributed by atoms with van der Waals surface area (Å²) in [7, 11) is 0. The SMILES string of the molecule is CC(=O)N1CCO[C@]1(C)[C@H]1CC=C(CCC=C(C)C)CC1. The Hall–Kier alpha value is -1.09. The first-order valence-corrected chi connectivity index (χ1v) is 8.17. The maximum Gasteiger partial charge on any atom is 0.221 e. The Balaban J connectivity index is 1.95. The molecule has 118 valence electrons. The lowest BCUT2D eigenvalue weighted by molar-refractivity contribution is -0.154. The van der Waals surface area contributed by atoms with Gasteiger partial charge in [-0.25, -0.2) is 0 Å². The van der Waals surface area contributed by atoms with Crippen molar-refractivity contribution < 1.29 is 9.53 Å². The van der Waals surface area contributed by atoms with Gasteiger partial charge in [-0.2, -0.15) is 0 Å². The summed E-state index contributed by atoms with van der Waals surface area (Å²) in [6, 6.07) is 0. The van der Waals surface area contributed by atoms with Gasteiger partial charge in [-0.3, -0.25) is 4.79 Å². The number of allylic oxidation sites excluding steroid dienone is 4. The molecule has 0 saturated carbocycles. The van der Waals surface area contributed by atoms with E-state index in [1.165, 1.54) is 12.0 Å². The average molecular weight is 291 g/mol. The van der Waals surface area contributed by atoms with Gasteiger partial charge in [0.2, 0.25) is 5.91 Å². The fourth-order valence-corrected chi connectivity index (χ4v) is 3.60. The molecule has 0 aromatic rings. The van der Waals surface area contributed by atoms with E-state index in [1.807, 2.05) is 4.90 Å². The Morgan fingerprint density at radius 2 is 2.24 bits per heavy atom. The minimum atomic E-state index is -0.395. The molecule has 0 spiro atoms. The lowest BCUT2D eigenvalue weighted by Crippen LogP contribution is -2.50. The van der Waals surface area contributed by atoms with Crippen molar-refractivity contribution in [1.29, 1.82) is 0 Å². The summed E-state index contributed by atoms with van der Waals surface area (Å²) in [6.45, 7) is 9.45. The van der Waals surface area contributed by atoms with E-state index in [0.717, 1.165) is 32.2 Å². The minimum Gasteiger partial charge on any atom is -0.354 e. The number of carbonyl (C=O) groups is 1. The van der Waals surface area contributed by atoms with E-state index < -0.39 is 5.72 Å². The third-order valence-corrected chi connectivity index (χ3v) is 4.91. The lowest BCUT2D eigenvalue weighted by atomic mass is 9.81. The Kier molecular flexibility index (Phi) is 5.26. The van der Waals surface area contributed by atoms with E-state index in [-0.39, 0.29) is 5.91 Å². The first-order valence-electron chi connectivity index (χ1n) is 8.17. The smallest absolute Gasteiger partial charge is 0.221 e. The predicted molar refractivity (Wildman–Crippen MR) is 85.8 cm³/mol. The summed E-state index contributed by atoms with van der Waals surface area (Å²) in [5, 5.41) is 0. The highest BCUT2D eigenvalue weighted by molar-refractivity contribution is 5.74. The molecule has 0 aromatic carbocycles. The van der Waals surface area contributed by atoms with Gasteiger partial charge in [0.1, 0.15) is 5.72 Å². The van der Waals surface area contributed by atoms with Gasteiger partial charge in [0.15, 0.2) is 0 Å². The second-order valence-corrected chi connectivity index (χ2v) is 6.73. The van der Waals surface area contributed by atoms with Crippen molar-refractivity contribution in [3.63, 3.8) is 0 Å². The van der Waals surface area contributed by atoms with Crippen LogP contribution in [0.15, 0.2) is 23.3 Å². The molecule has 1 aliphatic carbocycles. The van der Waals surface area contributed by atoms with Gasteiger partial charge in [0.25, 0.3) is 0 Å². The second kappa shape index (κ2) is 6.78. The van der Waals surface area contributed by atoms with Crippen LogP contribution in [0, 0.1) is 5.92 Å². The monoisotopic (exact) mass is 291 g/mol. The van der Waals surface area contributed by atoms with Gasteiger partial charge in [-0.05, 0) is 52.9 Å². The van der Waals surface area contributed by atoms with Gasteiger partial charge in [-0.1, -0.05) is 23.3 Å². The quantitative estimate of drug-likeness (QED) is 0.731. The van der Waals surface area contributed by atoms with Crippen LogP contribution in [0.2, 0.25) is 0 Å². The summed E-state index contributed by atoms with van der Waals surface area (Å²) >= 11 is 0. The highest BCUT2D eigenvalue weighted by atomic mass is 16.5. The summed E-state index contributed by atoms with van der Waals surface area (Å²) < 4.78 is 5.97. The average Bonchev–Trinajstić information content (AvgIpc) is 2.82. The molecule has 3 nitrogen and oxygen atoms in total. The van der Waals surface area contributed by atoms with Gasteiger partial charge >= 0.3 is 0 Å². The van der Waals surface area contributed by atoms with Crippen LogP contribution < -0.4 is 0 Å². The Morgan fingerprint density at radius 3 is 2.81 bits per heavy atom. The summed E-state index contributed by atoms with van der Waals surface area (Å²) in [5.74, 6) is 0.560. The van der Waals surface area contributed by atoms with Gasteiger partial charge < -0.3 is 9.64 Å². The van der Waals surface area contributed by atoms with Gasteiger partial charge in [0.05, 0.1) is 6.61 Å². The van der Waals surface area contributed by atoms with E-state index in [4.69, 9.17) is 4.74 Å². The van der Waals surface area contributed by atoms with Gasteiger partial charge in [0, 0.05) is 19.4 Å². The molecule has 0 bridgehead atoms. The third-order valence-electron chi connectivity index (χ3n) is 4.91. The zero-order chi connectivity index (χ0) is 15.5. The highest BCUT2D eigenvalue weighted by Gasteiger charge is 2.45. The molecule has 21 heavy (non-hydrogen) atoms. The zero-order valence-corrected chi connectivity index (χ0v) is 13.9. The molecule has 1 saturated heterocycles. The zero-order valence-electron chi connectivity index (χ0n) is 13.9. The largest absolute Gasteiger partial charge is 0.354 e. The van der Waals surface area contributed by atoms with Crippen LogP contribution >= 0.6 is 0 Å². The molecular weight excluding hydrogens is 262 g/mol. The Morgan fingerprint density at radius 1 is 1.48 bits per heavy atom. The molecule has 1 amide bonds. The normalized spacial score (nSPS) is 29.2. The van der Waals surface area contributed by atoms with Crippen molar-refractivity contribution in [2.24, 2.45) is 5.92 Å². The first-order chi connectivity index (χ1) is 9.93. The van der Waals surface area contributed by atoms with Crippen molar-refractivity contribution in [2.75, 3.05) is 13.2 Å². The highest BCUT2D eigenvalue weighted by Crippen LogP contribution is 2.40. The van der Waals surface area contributed by atoms with Crippen LogP contribution in [0.25, 0.3) is 0 Å². The molecule has 0 unspecified atom stereocenters. The topological polar surface area (TPSA) is 29.5 Å². The van der Waals surface area contributed by atoms with E-state index in [1.54, 1.807) is 12.5 Å². The van der Waals surface area contributed by atoms with Crippen molar-refractivity contribution in [3.8, 4) is 0 Å². The number of ether oxygens (including phenoxy) is 1. The Bertz CT molecular complexity index is 448. The van der Waals surface area contributed by atoms with Crippen molar-refractivity contribution in [3.05, 3.63) is 23.3 Å². The summed E-state index contributed by atoms with van der Waals surface area (Å²) in [6.07, 6.45) is 10.3. The summed E-state index contributed by atoms with van der Waals surface area (Å²) in [5.41, 5.74) is 2.57. The van der Waals surface area contributed by atoms with Gasteiger partial charge in [-0.15, -0.1) is 0 Å². The van der Waals surface area contributed by atoms with Crippen LogP contribution in [-0.2, 0) is 9.53 Å².